The van der Waals surface area contributed by atoms with Gasteiger partial charge in [0.2, 0.25) is 11.7 Å². The van der Waals surface area contributed by atoms with Gasteiger partial charge in [0, 0.05) is 44.1 Å². The Kier molecular flexibility index (Phi) is 6.85. The topological polar surface area (TPSA) is 124 Å². The van der Waals surface area contributed by atoms with Gasteiger partial charge in [0.05, 0.1) is 12.6 Å². The van der Waals surface area contributed by atoms with Crippen molar-refractivity contribution in [2.45, 2.75) is 25.4 Å². The lowest BCUT2D eigenvalue weighted by molar-refractivity contribution is -0.991. The van der Waals surface area contributed by atoms with Gasteiger partial charge in [-0.15, -0.1) is 0 Å². The zero-order valence-corrected chi connectivity index (χ0v) is 17.3. The number of quaternary nitrogens is 1. The Hall–Kier alpha value is -2.89. The van der Waals surface area contributed by atoms with Crippen molar-refractivity contribution >= 4 is 11.5 Å². The van der Waals surface area contributed by atoms with Crippen molar-refractivity contribution < 1.29 is 19.7 Å². The van der Waals surface area contributed by atoms with Crippen molar-refractivity contribution in [1.29, 1.82) is 0 Å². The number of pyridine rings is 1. The molecule has 1 unspecified atom stereocenters. The molecule has 1 saturated heterocycles. The third-order valence-corrected chi connectivity index (χ3v) is 5.31. The lowest BCUT2D eigenvalue weighted by atomic mass is 10.1. The Morgan fingerprint density at radius 2 is 2.13 bits per heavy atom. The number of likely N-dealkylation sites (tertiary alicyclic amines) is 1. The van der Waals surface area contributed by atoms with Crippen LogP contribution in [0.3, 0.4) is 0 Å². The fourth-order valence-electron chi connectivity index (χ4n) is 3.68. The second kappa shape index (κ2) is 9.94. The normalized spacial score (nSPS) is 17.7. The zero-order valence-electron chi connectivity index (χ0n) is 17.3. The van der Waals surface area contributed by atoms with Crippen molar-refractivity contribution in [3.8, 4) is 11.4 Å². The monoisotopic (exact) mass is 426 g/mol. The van der Waals surface area contributed by atoms with E-state index in [0.29, 0.717) is 31.4 Å². The average Bonchev–Trinajstić information content (AvgIpc) is 3.44. The number of benzene rings is 1. The van der Waals surface area contributed by atoms with E-state index in [1.165, 1.54) is 0 Å². The maximum atomic E-state index is 11.0. The van der Waals surface area contributed by atoms with E-state index in [4.69, 9.17) is 14.5 Å². The number of hydrogen-bond donors (Lipinski definition) is 3. The van der Waals surface area contributed by atoms with E-state index in [1.54, 1.807) is 25.4 Å². The van der Waals surface area contributed by atoms with Gasteiger partial charge in [-0.05, 0) is 37.1 Å². The van der Waals surface area contributed by atoms with E-state index in [-0.39, 0.29) is 11.7 Å². The summed E-state index contributed by atoms with van der Waals surface area (Å²) in [4.78, 5) is 11.3. The van der Waals surface area contributed by atoms with Gasteiger partial charge in [0.1, 0.15) is 5.82 Å². The fourth-order valence-corrected chi connectivity index (χ4v) is 3.68. The van der Waals surface area contributed by atoms with Gasteiger partial charge >= 0.3 is 0 Å². The number of ether oxygens (including phenoxy) is 1. The molecule has 4 rings (SSSR count). The number of anilines is 1. The van der Waals surface area contributed by atoms with E-state index in [2.05, 4.69) is 25.3 Å². The summed E-state index contributed by atoms with van der Waals surface area (Å²) in [7, 11) is 1.66. The first kappa shape index (κ1) is 21.3. The molecule has 1 fully saturated rings. The summed E-state index contributed by atoms with van der Waals surface area (Å²) in [6, 6.07) is 10.8. The molecule has 0 radical (unpaired) electrons. The molecule has 0 saturated carbocycles. The summed E-state index contributed by atoms with van der Waals surface area (Å²) in [6.45, 7) is 2.92. The molecule has 31 heavy (non-hydrogen) atoms. The minimum Gasteiger partial charge on any atom is -0.595 e. The zero-order chi connectivity index (χ0) is 21.6. The average molecular weight is 426 g/mol. The SMILES string of the molecule is COCCNc1ccc(-c2noc([C@H]3CCCN3Cc3ccc([NH+]([O-])O)cc3)n2)cn1. The first-order valence-electron chi connectivity index (χ1n) is 10.2. The predicted octanol–water partition coefficient (Wildman–Crippen LogP) is 1.93. The van der Waals surface area contributed by atoms with Crippen LogP contribution in [0, 0.1) is 5.21 Å². The molecule has 10 heteroatoms. The highest BCUT2D eigenvalue weighted by molar-refractivity contribution is 5.55. The maximum Gasteiger partial charge on any atom is 0.244 e. The van der Waals surface area contributed by atoms with E-state index < -0.39 is 5.23 Å². The molecule has 0 amide bonds. The van der Waals surface area contributed by atoms with Crippen LogP contribution >= 0.6 is 0 Å². The Morgan fingerprint density at radius 1 is 1.29 bits per heavy atom. The molecule has 0 spiro atoms. The second-order valence-corrected chi connectivity index (χ2v) is 7.44. The smallest absolute Gasteiger partial charge is 0.244 e. The Labute approximate surface area is 180 Å². The van der Waals surface area contributed by atoms with E-state index >= 15 is 0 Å². The number of hydrogen-bond acceptors (Lipinski definition) is 9. The summed E-state index contributed by atoms with van der Waals surface area (Å²) in [5.74, 6) is 1.88. The number of aromatic nitrogens is 3. The van der Waals surface area contributed by atoms with Crippen LogP contribution in [-0.4, -0.2) is 52.0 Å². The summed E-state index contributed by atoms with van der Waals surface area (Å²) < 4.78 is 10.6. The minimum atomic E-state index is -0.919. The van der Waals surface area contributed by atoms with Gasteiger partial charge in [-0.2, -0.15) is 10.2 Å². The molecule has 164 valence electrons. The van der Waals surface area contributed by atoms with Gasteiger partial charge in [0.25, 0.3) is 0 Å². The first-order valence-corrected chi connectivity index (χ1v) is 10.2. The van der Waals surface area contributed by atoms with E-state index in [0.717, 1.165) is 36.3 Å². The Bertz CT molecular complexity index is 961. The molecule has 3 aromatic rings. The van der Waals surface area contributed by atoms with Crippen LogP contribution in [0.25, 0.3) is 11.4 Å². The van der Waals surface area contributed by atoms with Crippen molar-refractivity contribution in [2.24, 2.45) is 0 Å². The molecular formula is C21H26N6O4. The standard InChI is InChI=1S/C21H26N6O4/c1-30-12-10-22-19-9-6-16(13-23-19)20-24-21(31-25-20)18-3-2-11-26(18)14-15-4-7-17(8-5-15)27(28)29/h4-9,13,18,27-28H,2-3,10-12,14H2,1H3,(H,22,23)/t18-/m1/s1. The molecule has 3 N–H and O–H groups in total. The molecule has 2 aromatic heterocycles. The first-order chi connectivity index (χ1) is 15.1. The number of methoxy groups -OCH3 is 1. The summed E-state index contributed by atoms with van der Waals surface area (Å²) >= 11 is 0. The highest BCUT2D eigenvalue weighted by Crippen LogP contribution is 2.33. The van der Waals surface area contributed by atoms with Gasteiger partial charge in [-0.3, -0.25) is 4.90 Å². The van der Waals surface area contributed by atoms with Crippen LogP contribution < -0.4 is 10.5 Å². The molecular weight excluding hydrogens is 400 g/mol. The summed E-state index contributed by atoms with van der Waals surface area (Å²) in [5.41, 5.74) is 2.13. The quantitative estimate of drug-likeness (QED) is 0.348. The molecule has 10 nitrogen and oxygen atoms in total. The van der Waals surface area contributed by atoms with Crippen LogP contribution in [-0.2, 0) is 11.3 Å². The second-order valence-electron chi connectivity index (χ2n) is 7.44. The molecule has 2 atom stereocenters. The van der Waals surface area contributed by atoms with E-state index in [9.17, 15) is 5.21 Å². The van der Waals surface area contributed by atoms with Crippen LogP contribution in [0.2, 0.25) is 0 Å². The van der Waals surface area contributed by atoms with Crippen molar-refractivity contribution in [2.75, 3.05) is 32.1 Å². The Balaban J connectivity index is 1.41. The van der Waals surface area contributed by atoms with Crippen molar-refractivity contribution in [1.82, 2.24) is 20.0 Å². The molecule has 1 aromatic carbocycles. The molecule has 0 aliphatic carbocycles. The van der Waals surface area contributed by atoms with Crippen LogP contribution in [0.1, 0.15) is 30.3 Å². The summed E-state index contributed by atoms with van der Waals surface area (Å²) in [5, 5.41) is 26.5. The predicted molar refractivity (Wildman–Crippen MR) is 112 cm³/mol. The number of rotatable bonds is 9. The summed E-state index contributed by atoms with van der Waals surface area (Å²) in [6.07, 6.45) is 3.70. The van der Waals surface area contributed by atoms with Gasteiger partial charge in [-0.25, -0.2) is 10.2 Å². The van der Waals surface area contributed by atoms with Gasteiger partial charge < -0.3 is 19.8 Å². The molecule has 0 bridgehead atoms. The number of nitrogens with one attached hydrogen (secondary N) is 2. The largest absolute Gasteiger partial charge is 0.595 e. The van der Waals surface area contributed by atoms with Crippen molar-refractivity contribution in [3.05, 3.63) is 59.3 Å². The molecule has 3 heterocycles. The third kappa shape index (κ3) is 5.24. The third-order valence-electron chi connectivity index (χ3n) is 5.31. The van der Waals surface area contributed by atoms with Gasteiger partial charge in [-0.1, -0.05) is 17.3 Å². The van der Waals surface area contributed by atoms with E-state index in [1.807, 2.05) is 24.3 Å². The fraction of sp³-hybridized carbons (Fsp3) is 0.381. The molecule has 1 aliphatic heterocycles. The van der Waals surface area contributed by atoms with Crippen LogP contribution in [0.15, 0.2) is 47.1 Å². The maximum absolute atomic E-state index is 11.0. The van der Waals surface area contributed by atoms with Crippen LogP contribution in [0.5, 0.6) is 0 Å². The van der Waals surface area contributed by atoms with Crippen LogP contribution in [0.4, 0.5) is 11.5 Å². The van der Waals surface area contributed by atoms with Gasteiger partial charge in [0.15, 0.2) is 5.69 Å². The minimum absolute atomic E-state index is 0.0448. The Morgan fingerprint density at radius 3 is 2.84 bits per heavy atom. The number of nitrogens with zero attached hydrogens (tertiary/aromatic N) is 4. The highest BCUT2D eigenvalue weighted by Gasteiger charge is 2.31. The lowest BCUT2D eigenvalue weighted by Gasteiger charge is -2.21. The highest BCUT2D eigenvalue weighted by atomic mass is 16.8. The lowest BCUT2D eigenvalue weighted by Crippen LogP contribution is -2.99. The molecule has 1 aliphatic rings. The van der Waals surface area contributed by atoms with Crippen molar-refractivity contribution in [3.63, 3.8) is 0 Å².